The molecule has 7 heteroatoms. The summed E-state index contributed by atoms with van der Waals surface area (Å²) in [6.45, 7) is 0.510. The summed E-state index contributed by atoms with van der Waals surface area (Å²) in [7, 11) is 0. The van der Waals surface area contributed by atoms with Crippen LogP contribution in [0, 0.1) is 0 Å². The van der Waals surface area contributed by atoms with Gasteiger partial charge in [0.2, 0.25) is 0 Å². The molecule has 3 aromatic heterocycles. The molecule has 0 aliphatic carbocycles. The van der Waals surface area contributed by atoms with E-state index in [-0.39, 0.29) is 0 Å². The highest BCUT2D eigenvalue weighted by atomic mass is 79.9. The van der Waals surface area contributed by atoms with Gasteiger partial charge in [-0.1, -0.05) is 42.5 Å². The molecule has 0 spiro atoms. The summed E-state index contributed by atoms with van der Waals surface area (Å²) < 4.78 is 8.19. The Hall–Kier alpha value is -3.84. The van der Waals surface area contributed by atoms with Gasteiger partial charge in [-0.05, 0) is 51.8 Å². The van der Waals surface area contributed by atoms with Crippen molar-refractivity contribution in [2.75, 3.05) is 0 Å². The Morgan fingerprint density at radius 1 is 0.969 bits per heavy atom. The Morgan fingerprint density at radius 2 is 1.72 bits per heavy atom. The lowest BCUT2D eigenvalue weighted by Gasteiger charge is -2.10. The summed E-state index contributed by atoms with van der Waals surface area (Å²) in [5.74, 6) is -0.0159. The lowest BCUT2D eigenvalue weighted by atomic mass is 10.1. The zero-order chi connectivity index (χ0) is 21.9. The average molecular weight is 485 g/mol. The molecule has 0 radical (unpaired) electrons. The second kappa shape index (κ2) is 8.72. The van der Waals surface area contributed by atoms with Crippen LogP contribution in [0.5, 0.6) is 5.75 Å². The van der Waals surface area contributed by atoms with Gasteiger partial charge in [0, 0.05) is 18.0 Å². The summed E-state index contributed by atoms with van der Waals surface area (Å²) in [5.41, 5.74) is 3.64. The van der Waals surface area contributed by atoms with Crippen molar-refractivity contribution in [1.82, 2.24) is 19.7 Å². The van der Waals surface area contributed by atoms with Crippen LogP contribution in [-0.2, 0) is 6.54 Å². The van der Waals surface area contributed by atoms with Gasteiger partial charge in [-0.3, -0.25) is 4.98 Å². The molecule has 0 N–H and O–H groups in total. The Kier molecular flexibility index (Phi) is 5.47. The van der Waals surface area contributed by atoms with Gasteiger partial charge in [0.05, 0.1) is 33.9 Å². The molecule has 0 aliphatic rings. The number of carbonyl (C=O) groups excluding carboxylic acids is 1. The molecule has 0 saturated heterocycles. The van der Waals surface area contributed by atoms with Crippen LogP contribution in [0.15, 0.2) is 95.9 Å². The number of ether oxygens (including phenoxy) is 1. The Balaban J connectivity index is 1.62. The smallest absolute Gasteiger partial charge is 0.344 e. The molecule has 0 atom stereocenters. The predicted molar refractivity (Wildman–Crippen MR) is 125 cm³/mol. The first-order valence-corrected chi connectivity index (χ1v) is 10.8. The van der Waals surface area contributed by atoms with E-state index in [1.165, 1.54) is 0 Å². The third-order valence-electron chi connectivity index (χ3n) is 5.02. The van der Waals surface area contributed by atoms with Crippen molar-refractivity contribution >= 4 is 32.9 Å². The van der Waals surface area contributed by atoms with E-state index >= 15 is 0 Å². The SMILES string of the molecule is O=C(Oc1ccccc1Br)c1cc(-c2ccccc2)nc2c1cnn2Cc1ccncc1. The van der Waals surface area contributed by atoms with Crippen molar-refractivity contribution in [3.05, 3.63) is 107 Å². The largest absolute Gasteiger partial charge is 0.422 e. The van der Waals surface area contributed by atoms with Crippen LogP contribution in [0.4, 0.5) is 0 Å². The number of rotatable bonds is 5. The van der Waals surface area contributed by atoms with Crippen molar-refractivity contribution in [2.45, 2.75) is 6.54 Å². The van der Waals surface area contributed by atoms with Gasteiger partial charge in [0.1, 0.15) is 5.75 Å². The fourth-order valence-corrected chi connectivity index (χ4v) is 3.80. The highest BCUT2D eigenvalue weighted by Gasteiger charge is 2.20. The maximum Gasteiger partial charge on any atom is 0.344 e. The first-order valence-electron chi connectivity index (χ1n) is 9.96. The lowest BCUT2D eigenvalue weighted by Crippen LogP contribution is -2.11. The quantitative estimate of drug-likeness (QED) is 0.242. The molecule has 0 fully saturated rings. The summed E-state index contributed by atoms with van der Waals surface area (Å²) in [4.78, 5) is 22.1. The van der Waals surface area contributed by atoms with Crippen LogP contribution in [0.1, 0.15) is 15.9 Å². The number of carbonyl (C=O) groups is 1. The first kappa shape index (κ1) is 20.1. The molecule has 0 unspecified atom stereocenters. The highest BCUT2D eigenvalue weighted by Crippen LogP contribution is 2.29. The predicted octanol–water partition coefficient (Wildman–Crippen LogP) is 5.52. The Labute approximate surface area is 192 Å². The van der Waals surface area contributed by atoms with E-state index in [0.717, 1.165) is 11.1 Å². The summed E-state index contributed by atoms with van der Waals surface area (Å²) in [6, 6.07) is 22.6. The van der Waals surface area contributed by atoms with Crippen molar-refractivity contribution in [1.29, 1.82) is 0 Å². The van der Waals surface area contributed by atoms with E-state index in [4.69, 9.17) is 9.72 Å². The number of fused-ring (bicyclic) bond motifs is 1. The normalized spacial score (nSPS) is 10.9. The van der Waals surface area contributed by atoms with E-state index in [2.05, 4.69) is 26.0 Å². The van der Waals surface area contributed by atoms with Gasteiger partial charge < -0.3 is 4.74 Å². The third kappa shape index (κ3) is 4.02. The minimum Gasteiger partial charge on any atom is -0.422 e. The van der Waals surface area contributed by atoms with Gasteiger partial charge in [-0.15, -0.1) is 0 Å². The third-order valence-corrected chi connectivity index (χ3v) is 5.67. The topological polar surface area (TPSA) is 69.9 Å². The fourth-order valence-electron chi connectivity index (χ4n) is 3.43. The number of benzene rings is 2. The van der Waals surface area contributed by atoms with Crippen LogP contribution in [0.2, 0.25) is 0 Å². The molecule has 0 saturated carbocycles. The molecule has 0 bridgehead atoms. The molecule has 6 nitrogen and oxygen atoms in total. The number of pyridine rings is 2. The maximum absolute atomic E-state index is 13.2. The Morgan fingerprint density at radius 3 is 2.50 bits per heavy atom. The zero-order valence-corrected chi connectivity index (χ0v) is 18.4. The summed E-state index contributed by atoms with van der Waals surface area (Å²) in [6.07, 6.45) is 5.14. The molecular weight excluding hydrogens is 468 g/mol. The molecule has 2 aromatic carbocycles. The van der Waals surface area contributed by atoms with Crippen LogP contribution in [0.3, 0.4) is 0 Å². The molecule has 0 amide bonds. The number of esters is 1. The summed E-state index contributed by atoms with van der Waals surface area (Å²) in [5, 5.41) is 5.14. The monoisotopic (exact) mass is 484 g/mol. The number of aromatic nitrogens is 4. The van der Waals surface area contributed by atoms with E-state index in [1.54, 1.807) is 35.4 Å². The molecule has 3 heterocycles. The highest BCUT2D eigenvalue weighted by molar-refractivity contribution is 9.10. The number of halogens is 1. The van der Waals surface area contributed by atoms with Crippen LogP contribution < -0.4 is 4.74 Å². The minimum absolute atomic E-state index is 0.408. The van der Waals surface area contributed by atoms with Crippen LogP contribution in [-0.4, -0.2) is 25.7 Å². The number of hydrogen-bond donors (Lipinski definition) is 0. The Bertz CT molecular complexity index is 1400. The molecule has 156 valence electrons. The van der Waals surface area contributed by atoms with Crippen molar-refractivity contribution < 1.29 is 9.53 Å². The second-order valence-corrected chi connectivity index (χ2v) is 7.99. The molecule has 5 aromatic rings. The van der Waals surface area contributed by atoms with Gasteiger partial charge in [0.25, 0.3) is 0 Å². The second-order valence-electron chi connectivity index (χ2n) is 7.14. The maximum atomic E-state index is 13.2. The van der Waals surface area contributed by atoms with Gasteiger partial charge in [0.15, 0.2) is 5.65 Å². The number of nitrogens with zero attached hydrogens (tertiary/aromatic N) is 4. The molecule has 5 rings (SSSR count). The molecule has 32 heavy (non-hydrogen) atoms. The zero-order valence-electron chi connectivity index (χ0n) is 16.9. The van der Waals surface area contributed by atoms with E-state index in [1.807, 2.05) is 60.7 Å². The van der Waals surface area contributed by atoms with Gasteiger partial charge in [-0.2, -0.15) is 5.10 Å². The number of para-hydroxylation sites is 1. The van der Waals surface area contributed by atoms with E-state index in [9.17, 15) is 4.79 Å². The number of hydrogen-bond acceptors (Lipinski definition) is 5. The molecule has 0 aliphatic heterocycles. The van der Waals surface area contributed by atoms with Crippen molar-refractivity contribution in [2.24, 2.45) is 0 Å². The average Bonchev–Trinajstić information content (AvgIpc) is 3.23. The first-order chi connectivity index (χ1) is 15.7. The van der Waals surface area contributed by atoms with Crippen LogP contribution in [0.25, 0.3) is 22.3 Å². The molecular formula is C25H17BrN4O2. The van der Waals surface area contributed by atoms with Gasteiger partial charge in [-0.25, -0.2) is 14.5 Å². The lowest BCUT2D eigenvalue weighted by molar-refractivity contribution is 0.0735. The van der Waals surface area contributed by atoms with Crippen molar-refractivity contribution in [3.8, 4) is 17.0 Å². The van der Waals surface area contributed by atoms with Crippen LogP contribution >= 0.6 is 15.9 Å². The fraction of sp³-hybridized carbons (Fsp3) is 0.0400. The minimum atomic E-state index is -0.468. The standard InChI is InChI=1S/C25H17BrN4O2/c26-21-8-4-5-9-23(21)32-25(31)19-14-22(18-6-2-1-3-7-18)29-24-20(19)15-28-30(24)16-17-10-12-27-13-11-17/h1-15H,16H2. The summed E-state index contributed by atoms with van der Waals surface area (Å²) >= 11 is 3.43. The van der Waals surface area contributed by atoms with Crippen molar-refractivity contribution in [3.63, 3.8) is 0 Å². The van der Waals surface area contributed by atoms with E-state index in [0.29, 0.717) is 39.1 Å². The van der Waals surface area contributed by atoms with E-state index < -0.39 is 5.97 Å². The van der Waals surface area contributed by atoms with Gasteiger partial charge >= 0.3 is 5.97 Å².